The quantitative estimate of drug-likeness (QED) is 0.942. The van der Waals surface area contributed by atoms with Gasteiger partial charge in [0, 0.05) is 5.56 Å². The fourth-order valence-corrected chi connectivity index (χ4v) is 1.85. The summed E-state index contributed by atoms with van der Waals surface area (Å²) in [5, 5.41) is 2.59. The lowest BCUT2D eigenvalue weighted by Gasteiger charge is -2.07. The SMILES string of the molecule is COc1ccc(C(=O)Nc2ncc(F)cc2Br)cc1. The molecule has 0 aliphatic carbocycles. The first-order valence-corrected chi connectivity index (χ1v) is 6.16. The van der Waals surface area contributed by atoms with Gasteiger partial charge in [0.2, 0.25) is 0 Å². The van der Waals surface area contributed by atoms with Crippen LogP contribution in [0.25, 0.3) is 0 Å². The molecule has 19 heavy (non-hydrogen) atoms. The second-order valence-electron chi connectivity index (χ2n) is 3.67. The number of rotatable bonds is 3. The Hall–Kier alpha value is -1.95. The molecule has 2 aromatic rings. The van der Waals surface area contributed by atoms with Crippen LogP contribution < -0.4 is 10.1 Å². The van der Waals surface area contributed by atoms with Gasteiger partial charge in [-0.25, -0.2) is 9.37 Å². The minimum Gasteiger partial charge on any atom is -0.497 e. The third-order valence-electron chi connectivity index (χ3n) is 2.39. The lowest BCUT2D eigenvalue weighted by Crippen LogP contribution is -2.13. The smallest absolute Gasteiger partial charge is 0.256 e. The highest BCUT2D eigenvalue weighted by Gasteiger charge is 2.10. The molecule has 0 aliphatic heterocycles. The van der Waals surface area contributed by atoms with Crippen molar-refractivity contribution in [2.24, 2.45) is 0 Å². The van der Waals surface area contributed by atoms with E-state index in [0.29, 0.717) is 15.8 Å². The zero-order chi connectivity index (χ0) is 13.8. The summed E-state index contributed by atoms with van der Waals surface area (Å²) in [6.07, 6.45) is 1.04. The Kier molecular flexibility index (Phi) is 4.11. The summed E-state index contributed by atoms with van der Waals surface area (Å²) in [5.74, 6) is 0.122. The lowest BCUT2D eigenvalue weighted by molar-refractivity contribution is 0.102. The van der Waals surface area contributed by atoms with Crippen molar-refractivity contribution < 1.29 is 13.9 Å². The maximum absolute atomic E-state index is 12.9. The van der Waals surface area contributed by atoms with Gasteiger partial charge in [-0.2, -0.15) is 0 Å². The molecule has 1 heterocycles. The van der Waals surface area contributed by atoms with E-state index in [0.717, 1.165) is 6.20 Å². The third-order valence-corrected chi connectivity index (χ3v) is 3.00. The third kappa shape index (κ3) is 3.29. The van der Waals surface area contributed by atoms with Crippen molar-refractivity contribution in [3.63, 3.8) is 0 Å². The Morgan fingerprint density at radius 3 is 2.63 bits per heavy atom. The molecule has 1 amide bonds. The van der Waals surface area contributed by atoms with E-state index in [-0.39, 0.29) is 11.7 Å². The highest BCUT2D eigenvalue weighted by molar-refractivity contribution is 9.10. The molecule has 0 spiro atoms. The summed E-state index contributed by atoms with van der Waals surface area (Å²) in [7, 11) is 1.55. The number of aromatic nitrogens is 1. The second-order valence-corrected chi connectivity index (χ2v) is 4.52. The van der Waals surface area contributed by atoms with Gasteiger partial charge in [0.1, 0.15) is 17.4 Å². The first-order chi connectivity index (χ1) is 9.10. The molecule has 4 nitrogen and oxygen atoms in total. The van der Waals surface area contributed by atoms with Crippen LogP contribution in [0.4, 0.5) is 10.2 Å². The highest BCUT2D eigenvalue weighted by atomic mass is 79.9. The second kappa shape index (κ2) is 5.79. The average molecular weight is 325 g/mol. The number of carbonyl (C=O) groups is 1. The van der Waals surface area contributed by atoms with Crippen molar-refractivity contribution in [3.8, 4) is 5.75 Å². The minimum atomic E-state index is -0.477. The van der Waals surface area contributed by atoms with Crippen LogP contribution in [0.1, 0.15) is 10.4 Å². The molecule has 1 aromatic heterocycles. The fourth-order valence-electron chi connectivity index (χ4n) is 1.43. The Bertz CT molecular complexity index is 602. The monoisotopic (exact) mass is 324 g/mol. The van der Waals surface area contributed by atoms with Crippen molar-refractivity contribution in [3.05, 3.63) is 52.4 Å². The molecular formula is C13H10BrFN2O2. The highest BCUT2D eigenvalue weighted by Crippen LogP contribution is 2.21. The summed E-state index contributed by atoms with van der Waals surface area (Å²) < 4.78 is 18.3. The number of nitrogens with one attached hydrogen (secondary N) is 1. The van der Waals surface area contributed by atoms with Gasteiger partial charge in [0.15, 0.2) is 0 Å². The van der Waals surface area contributed by atoms with Gasteiger partial charge in [-0.15, -0.1) is 0 Å². The normalized spacial score (nSPS) is 10.1. The van der Waals surface area contributed by atoms with E-state index in [1.165, 1.54) is 6.07 Å². The molecule has 0 bridgehead atoms. The van der Waals surface area contributed by atoms with E-state index in [1.54, 1.807) is 31.4 Å². The molecule has 0 saturated heterocycles. The molecule has 1 N–H and O–H groups in total. The maximum atomic E-state index is 12.9. The molecule has 6 heteroatoms. The number of hydrogen-bond acceptors (Lipinski definition) is 3. The van der Waals surface area contributed by atoms with Gasteiger partial charge < -0.3 is 10.1 Å². The van der Waals surface area contributed by atoms with Crippen LogP contribution in [0.15, 0.2) is 41.0 Å². The number of carbonyl (C=O) groups excluding carboxylic acids is 1. The van der Waals surface area contributed by atoms with Crippen LogP contribution in [0.3, 0.4) is 0 Å². The van der Waals surface area contributed by atoms with Gasteiger partial charge in [-0.1, -0.05) is 0 Å². The van der Waals surface area contributed by atoms with E-state index < -0.39 is 5.82 Å². The predicted octanol–water partition coefficient (Wildman–Crippen LogP) is 3.24. The molecule has 2 rings (SSSR count). The Morgan fingerprint density at radius 2 is 2.05 bits per heavy atom. The van der Waals surface area contributed by atoms with Crippen LogP contribution >= 0.6 is 15.9 Å². The molecule has 0 unspecified atom stereocenters. The number of methoxy groups -OCH3 is 1. The molecule has 0 fully saturated rings. The molecule has 0 atom stereocenters. The Labute approximate surface area is 117 Å². The number of benzene rings is 1. The summed E-state index contributed by atoms with van der Waals surface area (Å²) in [4.78, 5) is 15.7. The number of amides is 1. The molecule has 0 radical (unpaired) electrons. The number of halogens is 2. The van der Waals surface area contributed by atoms with E-state index in [4.69, 9.17) is 4.74 Å². The van der Waals surface area contributed by atoms with Gasteiger partial charge in [-0.05, 0) is 46.3 Å². The van der Waals surface area contributed by atoms with E-state index in [2.05, 4.69) is 26.2 Å². The maximum Gasteiger partial charge on any atom is 0.256 e. The van der Waals surface area contributed by atoms with Crippen LogP contribution in [-0.4, -0.2) is 18.0 Å². The zero-order valence-corrected chi connectivity index (χ0v) is 11.6. The van der Waals surface area contributed by atoms with Crippen molar-refractivity contribution >= 4 is 27.7 Å². The first kappa shape index (κ1) is 13.5. The Balaban J connectivity index is 2.15. The summed E-state index contributed by atoms with van der Waals surface area (Å²) in [6.45, 7) is 0. The molecule has 0 aliphatic rings. The minimum absolute atomic E-state index is 0.266. The molecule has 98 valence electrons. The average Bonchev–Trinajstić information content (AvgIpc) is 2.42. The van der Waals surface area contributed by atoms with Crippen LogP contribution in [0.5, 0.6) is 5.75 Å². The summed E-state index contributed by atoms with van der Waals surface area (Å²) in [6, 6.07) is 7.86. The standard InChI is InChI=1S/C13H10BrFN2O2/c1-19-10-4-2-8(3-5-10)13(18)17-12-11(14)6-9(15)7-16-12/h2-7H,1H3,(H,16,17,18). The molecule has 0 saturated carbocycles. The van der Waals surface area contributed by atoms with Crippen molar-refractivity contribution in [1.82, 2.24) is 4.98 Å². The van der Waals surface area contributed by atoms with Gasteiger partial charge in [0.05, 0.1) is 17.8 Å². The summed E-state index contributed by atoms with van der Waals surface area (Å²) in [5.41, 5.74) is 0.457. The van der Waals surface area contributed by atoms with Crippen LogP contribution in [-0.2, 0) is 0 Å². The van der Waals surface area contributed by atoms with E-state index in [1.807, 2.05) is 0 Å². The topological polar surface area (TPSA) is 51.2 Å². The number of pyridine rings is 1. The van der Waals surface area contributed by atoms with Crippen LogP contribution in [0.2, 0.25) is 0 Å². The number of hydrogen-bond donors (Lipinski definition) is 1. The van der Waals surface area contributed by atoms with Gasteiger partial charge in [-0.3, -0.25) is 4.79 Å². The van der Waals surface area contributed by atoms with Crippen molar-refractivity contribution in [1.29, 1.82) is 0 Å². The van der Waals surface area contributed by atoms with Crippen LogP contribution in [0, 0.1) is 5.82 Å². The number of anilines is 1. The predicted molar refractivity (Wildman–Crippen MR) is 72.8 cm³/mol. The number of nitrogens with zero attached hydrogens (tertiary/aromatic N) is 1. The molecular weight excluding hydrogens is 315 g/mol. The van der Waals surface area contributed by atoms with Crippen molar-refractivity contribution in [2.75, 3.05) is 12.4 Å². The largest absolute Gasteiger partial charge is 0.497 e. The zero-order valence-electron chi connectivity index (χ0n) is 9.98. The molecule has 1 aromatic carbocycles. The Morgan fingerprint density at radius 1 is 1.37 bits per heavy atom. The van der Waals surface area contributed by atoms with E-state index in [9.17, 15) is 9.18 Å². The number of ether oxygens (including phenoxy) is 1. The lowest BCUT2D eigenvalue weighted by atomic mass is 10.2. The van der Waals surface area contributed by atoms with E-state index >= 15 is 0 Å². The van der Waals surface area contributed by atoms with Gasteiger partial charge in [0.25, 0.3) is 5.91 Å². The van der Waals surface area contributed by atoms with Crippen molar-refractivity contribution in [2.45, 2.75) is 0 Å². The first-order valence-electron chi connectivity index (χ1n) is 5.36. The summed E-state index contributed by atoms with van der Waals surface area (Å²) >= 11 is 3.13. The fraction of sp³-hybridized carbons (Fsp3) is 0.0769. The van der Waals surface area contributed by atoms with Gasteiger partial charge >= 0.3 is 0 Å².